The standard InChI is InChI=1S/C16H25NO2/c1-3-13(12-17-14-8-9-14)10-11-19-16-7-5-4-6-15(16)18-2/h4-7,13-14,17H,3,8-12H2,1-2H3. The molecule has 1 saturated carbocycles. The first-order valence-corrected chi connectivity index (χ1v) is 7.32. The molecule has 1 fully saturated rings. The van der Waals surface area contributed by atoms with Crippen LogP contribution < -0.4 is 14.8 Å². The lowest BCUT2D eigenvalue weighted by molar-refractivity contribution is 0.258. The molecule has 1 N–H and O–H groups in total. The summed E-state index contributed by atoms with van der Waals surface area (Å²) in [6.07, 6.45) is 5.01. The SMILES string of the molecule is CCC(CCOc1ccccc1OC)CNC1CC1. The Morgan fingerprint density at radius 3 is 2.63 bits per heavy atom. The zero-order chi connectivity index (χ0) is 13.5. The number of nitrogens with one attached hydrogen (secondary N) is 1. The molecule has 0 heterocycles. The number of methoxy groups -OCH3 is 1. The van der Waals surface area contributed by atoms with Crippen molar-refractivity contribution in [1.82, 2.24) is 5.32 Å². The summed E-state index contributed by atoms with van der Waals surface area (Å²) in [5.74, 6) is 2.36. The number of para-hydroxylation sites is 2. The highest BCUT2D eigenvalue weighted by Gasteiger charge is 2.21. The van der Waals surface area contributed by atoms with Crippen LogP contribution >= 0.6 is 0 Å². The average molecular weight is 263 g/mol. The minimum absolute atomic E-state index is 0.704. The van der Waals surface area contributed by atoms with Crippen LogP contribution in [-0.2, 0) is 0 Å². The molecule has 0 saturated heterocycles. The van der Waals surface area contributed by atoms with E-state index in [0.29, 0.717) is 5.92 Å². The maximum atomic E-state index is 5.83. The Kier molecular flexibility index (Phi) is 5.52. The second-order valence-electron chi connectivity index (χ2n) is 5.24. The first-order valence-electron chi connectivity index (χ1n) is 7.32. The van der Waals surface area contributed by atoms with Gasteiger partial charge in [-0.15, -0.1) is 0 Å². The maximum Gasteiger partial charge on any atom is 0.161 e. The fraction of sp³-hybridized carbons (Fsp3) is 0.625. The molecule has 0 radical (unpaired) electrons. The lowest BCUT2D eigenvalue weighted by atomic mass is 10.0. The van der Waals surface area contributed by atoms with Crippen molar-refractivity contribution in [2.75, 3.05) is 20.3 Å². The molecule has 19 heavy (non-hydrogen) atoms. The summed E-state index contributed by atoms with van der Waals surface area (Å²) in [4.78, 5) is 0. The summed E-state index contributed by atoms with van der Waals surface area (Å²) in [6, 6.07) is 8.62. The highest BCUT2D eigenvalue weighted by molar-refractivity contribution is 5.39. The highest BCUT2D eigenvalue weighted by atomic mass is 16.5. The molecule has 0 bridgehead atoms. The van der Waals surface area contributed by atoms with E-state index in [2.05, 4.69) is 12.2 Å². The summed E-state index contributed by atoms with van der Waals surface area (Å²) < 4.78 is 11.1. The molecule has 1 aromatic rings. The molecule has 2 rings (SSSR count). The number of ether oxygens (including phenoxy) is 2. The maximum absolute atomic E-state index is 5.83. The lowest BCUT2D eigenvalue weighted by Gasteiger charge is -2.16. The number of benzene rings is 1. The van der Waals surface area contributed by atoms with E-state index in [0.717, 1.165) is 37.1 Å². The van der Waals surface area contributed by atoms with E-state index in [1.807, 2.05) is 24.3 Å². The summed E-state index contributed by atoms with van der Waals surface area (Å²) >= 11 is 0. The van der Waals surface area contributed by atoms with E-state index >= 15 is 0 Å². The van der Waals surface area contributed by atoms with Crippen LogP contribution in [0.5, 0.6) is 11.5 Å². The molecular formula is C16H25NO2. The van der Waals surface area contributed by atoms with Crippen molar-refractivity contribution in [1.29, 1.82) is 0 Å². The van der Waals surface area contributed by atoms with E-state index in [9.17, 15) is 0 Å². The van der Waals surface area contributed by atoms with Gasteiger partial charge in [-0.2, -0.15) is 0 Å². The Balaban J connectivity index is 1.71. The second kappa shape index (κ2) is 7.39. The van der Waals surface area contributed by atoms with E-state index in [1.54, 1.807) is 7.11 Å². The van der Waals surface area contributed by atoms with E-state index < -0.39 is 0 Å². The van der Waals surface area contributed by atoms with Crippen molar-refractivity contribution < 1.29 is 9.47 Å². The molecule has 0 spiro atoms. The van der Waals surface area contributed by atoms with Gasteiger partial charge in [-0.25, -0.2) is 0 Å². The fourth-order valence-corrected chi connectivity index (χ4v) is 2.14. The van der Waals surface area contributed by atoms with E-state index in [-0.39, 0.29) is 0 Å². The van der Waals surface area contributed by atoms with Crippen LogP contribution in [0.1, 0.15) is 32.6 Å². The summed E-state index contributed by atoms with van der Waals surface area (Å²) in [7, 11) is 1.68. The Labute approximate surface area is 116 Å². The van der Waals surface area contributed by atoms with E-state index in [4.69, 9.17) is 9.47 Å². The summed E-state index contributed by atoms with van der Waals surface area (Å²) in [6.45, 7) is 4.13. The third-order valence-corrected chi connectivity index (χ3v) is 3.70. The van der Waals surface area contributed by atoms with Crippen LogP contribution in [0.15, 0.2) is 24.3 Å². The fourth-order valence-electron chi connectivity index (χ4n) is 2.14. The number of rotatable bonds is 9. The van der Waals surface area contributed by atoms with Crippen molar-refractivity contribution in [2.24, 2.45) is 5.92 Å². The molecule has 0 aliphatic heterocycles. The zero-order valence-corrected chi connectivity index (χ0v) is 12.0. The van der Waals surface area contributed by atoms with Crippen LogP contribution in [0, 0.1) is 5.92 Å². The van der Waals surface area contributed by atoms with Crippen molar-refractivity contribution >= 4 is 0 Å². The quantitative estimate of drug-likeness (QED) is 0.742. The Hall–Kier alpha value is -1.22. The van der Waals surface area contributed by atoms with E-state index in [1.165, 1.54) is 19.3 Å². The predicted molar refractivity (Wildman–Crippen MR) is 77.9 cm³/mol. The zero-order valence-electron chi connectivity index (χ0n) is 12.0. The Morgan fingerprint density at radius 1 is 1.26 bits per heavy atom. The normalized spacial score (nSPS) is 16.1. The molecule has 1 unspecified atom stereocenters. The van der Waals surface area contributed by atoms with Crippen LogP contribution in [0.4, 0.5) is 0 Å². The van der Waals surface area contributed by atoms with Gasteiger partial charge in [-0.05, 0) is 43.9 Å². The van der Waals surface area contributed by atoms with Gasteiger partial charge >= 0.3 is 0 Å². The highest BCUT2D eigenvalue weighted by Crippen LogP contribution is 2.26. The van der Waals surface area contributed by atoms with Gasteiger partial charge in [0.05, 0.1) is 13.7 Å². The first-order chi connectivity index (χ1) is 9.33. The largest absolute Gasteiger partial charge is 0.493 e. The van der Waals surface area contributed by atoms with Gasteiger partial charge in [0, 0.05) is 6.04 Å². The Bertz CT molecular complexity index is 377. The molecular weight excluding hydrogens is 238 g/mol. The number of hydrogen-bond acceptors (Lipinski definition) is 3. The average Bonchev–Trinajstić information content (AvgIpc) is 3.27. The molecule has 106 valence electrons. The molecule has 0 aromatic heterocycles. The third kappa shape index (κ3) is 4.75. The van der Waals surface area contributed by atoms with Crippen LogP contribution in [0.25, 0.3) is 0 Å². The van der Waals surface area contributed by atoms with Crippen LogP contribution in [0.2, 0.25) is 0 Å². The molecule has 1 aromatic carbocycles. The summed E-state index contributed by atoms with van der Waals surface area (Å²) in [5, 5.41) is 3.60. The van der Waals surface area contributed by atoms with Gasteiger partial charge in [0.25, 0.3) is 0 Å². The number of hydrogen-bond donors (Lipinski definition) is 1. The van der Waals surface area contributed by atoms with Gasteiger partial charge in [-0.3, -0.25) is 0 Å². The van der Waals surface area contributed by atoms with Crippen molar-refractivity contribution in [3.05, 3.63) is 24.3 Å². The molecule has 1 atom stereocenters. The van der Waals surface area contributed by atoms with Crippen molar-refractivity contribution in [3.8, 4) is 11.5 Å². The minimum atomic E-state index is 0.704. The van der Waals surface area contributed by atoms with Gasteiger partial charge in [0.15, 0.2) is 11.5 Å². The molecule has 3 nitrogen and oxygen atoms in total. The van der Waals surface area contributed by atoms with Gasteiger partial charge in [0.1, 0.15) is 0 Å². The first kappa shape index (κ1) is 14.2. The summed E-state index contributed by atoms with van der Waals surface area (Å²) in [5.41, 5.74) is 0. The monoisotopic (exact) mass is 263 g/mol. The second-order valence-corrected chi connectivity index (χ2v) is 5.24. The van der Waals surface area contributed by atoms with Gasteiger partial charge in [-0.1, -0.05) is 25.5 Å². The van der Waals surface area contributed by atoms with Gasteiger partial charge < -0.3 is 14.8 Å². The van der Waals surface area contributed by atoms with Crippen LogP contribution in [-0.4, -0.2) is 26.3 Å². The molecule has 3 heteroatoms. The topological polar surface area (TPSA) is 30.5 Å². The molecule has 1 aliphatic carbocycles. The minimum Gasteiger partial charge on any atom is -0.493 e. The molecule has 0 amide bonds. The molecule has 1 aliphatic rings. The Morgan fingerprint density at radius 2 is 2.00 bits per heavy atom. The van der Waals surface area contributed by atoms with Crippen molar-refractivity contribution in [2.45, 2.75) is 38.6 Å². The van der Waals surface area contributed by atoms with Gasteiger partial charge in [0.2, 0.25) is 0 Å². The smallest absolute Gasteiger partial charge is 0.161 e. The van der Waals surface area contributed by atoms with Crippen molar-refractivity contribution in [3.63, 3.8) is 0 Å². The third-order valence-electron chi connectivity index (χ3n) is 3.70. The lowest BCUT2D eigenvalue weighted by Crippen LogP contribution is -2.25. The predicted octanol–water partition coefficient (Wildman–Crippen LogP) is 3.24. The van der Waals surface area contributed by atoms with Crippen LogP contribution in [0.3, 0.4) is 0 Å².